The molecule has 0 unspecified atom stereocenters. The minimum absolute atomic E-state index is 0.0318. The highest BCUT2D eigenvalue weighted by Crippen LogP contribution is 2.21. The van der Waals surface area contributed by atoms with Gasteiger partial charge in [0.05, 0.1) is 4.92 Å². The van der Waals surface area contributed by atoms with Crippen molar-refractivity contribution in [2.75, 3.05) is 31.6 Å². The number of likely N-dealkylation sites (tertiary alicyclic amines) is 1. The average molecular weight is 369 g/mol. The first-order chi connectivity index (χ1) is 13.1. The number of rotatable bonds is 7. The molecule has 2 aromatic carbocycles. The molecule has 0 atom stereocenters. The zero-order valence-electron chi connectivity index (χ0n) is 15.1. The summed E-state index contributed by atoms with van der Waals surface area (Å²) in [7, 11) is 0. The van der Waals surface area contributed by atoms with Gasteiger partial charge in [-0.15, -0.1) is 0 Å². The first-order valence-corrected chi connectivity index (χ1v) is 9.13. The molecule has 0 bridgehead atoms. The van der Waals surface area contributed by atoms with Crippen LogP contribution in [0.15, 0.2) is 48.5 Å². The van der Waals surface area contributed by atoms with E-state index in [-0.39, 0.29) is 11.3 Å². The van der Waals surface area contributed by atoms with Gasteiger partial charge >= 0.3 is 0 Å². The number of hydrogen-bond acceptors (Lipinski definition) is 5. The Balaban J connectivity index is 1.53. The molecule has 0 aliphatic carbocycles. The maximum atomic E-state index is 12.3. The molecule has 1 heterocycles. The predicted octanol–water partition coefficient (Wildman–Crippen LogP) is 3.71. The smallest absolute Gasteiger partial charge is 0.282 e. The Morgan fingerprint density at radius 3 is 2.48 bits per heavy atom. The molecule has 7 heteroatoms. The minimum atomic E-state index is -0.561. The van der Waals surface area contributed by atoms with Crippen LogP contribution in [0.2, 0.25) is 0 Å². The highest BCUT2D eigenvalue weighted by molar-refractivity contribution is 6.07. The highest BCUT2D eigenvalue weighted by Gasteiger charge is 2.19. The second-order valence-corrected chi connectivity index (χ2v) is 6.50. The summed E-state index contributed by atoms with van der Waals surface area (Å²) in [5.41, 5.74) is 0.374. The molecule has 1 aliphatic heterocycles. The number of hydrogen-bond donors (Lipinski definition) is 1. The van der Waals surface area contributed by atoms with Gasteiger partial charge in [-0.1, -0.05) is 18.6 Å². The maximum absolute atomic E-state index is 12.3. The van der Waals surface area contributed by atoms with E-state index in [0.29, 0.717) is 12.3 Å². The lowest BCUT2D eigenvalue weighted by molar-refractivity contribution is -0.385. The molecule has 1 saturated heterocycles. The van der Waals surface area contributed by atoms with Gasteiger partial charge in [0, 0.05) is 18.3 Å². The van der Waals surface area contributed by atoms with Gasteiger partial charge in [-0.2, -0.15) is 0 Å². The third-order valence-corrected chi connectivity index (χ3v) is 4.58. The van der Waals surface area contributed by atoms with Crippen LogP contribution in [0.3, 0.4) is 0 Å². The number of nitro benzene ring substituents is 1. The number of carbonyl (C=O) groups is 1. The van der Waals surface area contributed by atoms with Crippen LogP contribution in [0.25, 0.3) is 0 Å². The van der Waals surface area contributed by atoms with Crippen molar-refractivity contribution in [3.63, 3.8) is 0 Å². The highest BCUT2D eigenvalue weighted by atomic mass is 16.6. The molecule has 142 valence electrons. The van der Waals surface area contributed by atoms with Gasteiger partial charge in [0.1, 0.15) is 17.9 Å². The summed E-state index contributed by atoms with van der Waals surface area (Å²) >= 11 is 0. The summed E-state index contributed by atoms with van der Waals surface area (Å²) in [6.07, 6.45) is 3.83. The summed E-state index contributed by atoms with van der Waals surface area (Å²) in [6, 6.07) is 12.9. The molecule has 1 aliphatic rings. The molecule has 1 amide bonds. The molecule has 1 N–H and O–H groups in total. The Labute approximate surface area is 158 Å². The van der Waals surface area contributed by atoms with Crippen LogP contribution >= 0.6 is 0 Å². The number of para-hydroxylation sites is 1. The molecule has 0 aromatic heterocycles. The van der Waals surface area contributed by atoms with Crippen molar-refractivity contribution >= 4 is 17.3 Å². The lowest BCUT2D eigenvalue weighted by Crippen LogP contribution is -2.33. The van der Waals surface area contributed by atoms with Crippen molar-refractivity contribution in [2.45, 2.75) is 19.3 Å². The summed E-state index contributed by atoms with van der Waals surface area (Å²) in [4.78, 5) is 25.2. The molecule has 0 saturated carbocycles. The summed E-state index contributed by atoms with van der Waals surface area (Å²) in [5, 5.41) is 13.7. The summed E-state index contributed by atoms with van der Waals surface area (Å²) in [6.45, 7) is 3.82. The van der Waals surface area contributed by atoms with E-state index in [1.807, 2.05) is 0 Å². The molecule has 3 rings (SSSR count). The molecule has 1 fully saturated rings. The van der Waals surface area contributed by atoms with Crippen molar-refractivity contribution < 1.29 is 14.5 Å². The number of nitrogens with one attached hydrogen (secondary N) is 1. The lowest BCUT2D eigenvalue weighted by Gasteiger charge is -2.26. The first-order valence-electron chi connectivity index (χ1n) is 9.13. The zero-order chi connectivity index (χ0) is 19.1. The van der Waals surface area contributed by atoms with E-state index < -0.39 is 10.8 Å². The van der Waals surface area contributed by atoms with E-state index >= 15 is 0 Å². The Kier molecular flexibility index (Phi) is 6.38. The van der Waals surface area contributed by atoms with Gasteiger partial charge in [-0.05, 0) is 56.3 Å². The van der Waals surface area contributed by atoms with E-state index in [0.717, 1.165) is 25.4 Å². The van der Waals surface area contributed by atoms with Gasteiger partial charge in [0.15, 0.2) is 0 Å². The number of ether oxygens (including phenoxy) is 1. The quantitative estimate of drug-likeness (QED) is 0.594. The Morgan fingerprint density at radius 2 is 1.78 bits per heavy atom. The topological polar surface area (TPSA) is 84.7 Å². The standard InChI is InChI=1S/C20H23N3O4/c24-20(18-6-2-3-7-19(18)23(25)26)21-16-8-10-17(11-9-16)27-15-14-22-12-4-1-5-13-22/h2-3,6-11H,1,4-5,12-15H2,(H,21,24). The van der Waals surface area contributed by atoms with E-state index in [2.05, 4.69) is 10.2 Å². The minimum Gasteiger partial charge on any atom is -0.492 e. The Bertz CT molecular complexity index is 786. The normalized spacial score (nSPS) is 14.5. The third kappa shape index (κ3) is 5.27. The van der Waals surface area contributed by atoms with Crippen molar-refractivity contribution in [1.82, 2.24) is 4.90 Å². The molecule has 0 radical (unpaired) electrons. The number of piperidine rings is 1. The van der Waals surface area contributed by atoms with E-state index in [9.17, 15) is 14.9 Å². The van der Waals surface area contributed by atoms with Gasteiger partial charge in [0.2, 0.25) is 0 Å². The summed E-state index contributed by atoms with van der Waals surface area (Å²) < 4.78 is 5.76. The second-order valence-electron chi connectivity index (χ2n) is 6.50. The third-order valence-electron chi connectivity index (χ3n) is 4.58. The number of amides is 1. The van der Waals surface area contributed by atoms with Crippen molar-refractivity contribution in [3.05, 3.63) is 64.2 Å². The predicted molar refractivity (Wildman–Crippen MR) is 103 cm³/mol. The van der Waals surface area contributed by atoms with Gasteiger partial charge < -0.3 is 10.1 Å². The average Bonchev–Trinajstić information content (AvgIpc) is 2.70. The zero-order valence-corrected chi connectivity index (χ0v) is 15.1. The van der Waals surface area contributed by atoms with Crippen LogP contribution in [0.1, 0.15) is 29.6 Å². The maximum Gasteiger partial charge on any atom is 0.282 e. The lowest BCUT2D eigenvalue weighted by atomic mass is 10.1. The number of nitrogens with zero attached hydrogens (tertiary/aromatic N) is 2. The fraction of sp³-hybridized carbons (Fsp3) is 0.350. The molecule has 27 heavy (non-hydrogen) atoms. The largest absolute Gasteiger partial charge is 0.492 e. The fourth-order valence-corrected chi connectivity index (χ4v) is 3.13. The number of nitro groups is 1. The SMILES string of the molecule is O=C(Nc1ccc(OCCN2CCCCC2)cc1)c1ccccc1[N+](=O)[O-]. The molecule has 7 nitrogen and oxygen atoms in total. The van der Waals surface area contributed by atoms with Gasteiger partial charge in [0.25, 0.3) is 11.6 Å². The van der Waals surface area contributed by atoms with Crippen LogP contribution in [0.4, 0.5) is 11.4 Å². The molecule has 0 spiro atoms. The Hall–Kier alpha value is -2.93. The van der Waals surface area contributed by atoms with Crippen LogP contribution < -0.4 is 10.1 Å². The molecular weight excluding hydrogens is 346 g/mol. The van der Waals surface area contributed by atoms with Crippen molar-refractivity contribution in [1.29, 1.82) is 0 Å². The molecule has 2 aromatic rings. The number of anilines is 1. The fourth-order valence-electron chi connectivity index (χ4n) is 3.13. The van der Waals surface area contributed by atoms with Crippen molar-refractivity contribution in [3.8, 4) is 5.75 Å². The van der Waals surface area contributed by atoms with Gasteiger partial charge in [-0.25, -0.2) is 0 Å². The van der Waals surface area contributed by atoms with Crippen LogP contribution in [0, 0.1) is 10.1 Å². The van der Waals surface area contributed by atoms with Crippen molar-refractivity contribution in [2.24, 2.45) is 0 Å². The Morgan fingerprint density at radius 1 is 1.07 bits per heavy atom. The summed E-state index contributed by atoms with van der Waals surface area (Å²) in [5.74, 6) is 0.219. The van der Waals surface area contributed by atoms with Crippen LogP contribution in [-0.4, -0.2) is 42.0 Å². The molecular formula is C20H23N3O4. The second kappa shape index (κ2) is 9.14. The van der Waals surface area contributed by atoms with Crippen LogP contribution in [-0.2, 0) is 0 Å². The number of carbonyl (C=O) groups excluding carboxylic acids is 1. The van der Waals surface area contributed by atoms with Crippen LogP contribution in [0.5, 0.6) is 5.75 Å². The van der Waals surface area contributed by atoms with Gasteiger partial charge in [-0.3, -0.25) is 19.8 Å². The van der Waals surface area contributed by atoms with E-state index in [4.69, 9.17) is 4.74 Å². The van der Waals surface area contributed by atoms with E-state index in [1.54, 1.807) is 30.3 Å². The first kappa shape index (κ1) is 18.8. The van der Waals surface area contributed by atoms with E-state index in [1.165, 1.54) is 37.5 Å². The number of benzene rings is 2. The monoisotopic (exact) mass is 369 g/mol.